The molecule has 1 heterocycles. The molecule has 203 valence electrons. The Morgan fingerprint density at radius 3 is 2.44 bits per heavy atom. The van der Waals surface area contributed by atoms with Gasteiger partial charge in [-0.25, -0.2) is 10.3 Å². The molecule has 3 aromatic carbocycles. The molecule has 0 aromatic heterocycles. The fourth-order valence-corrected chi connectivity index (χ4v) is 4.91. The summed E-state index contributed by atoms with van der Waals surface area (Å²) in [5, 5.41) is 0. The fraction of sp³-hybridized carbons (Fsp3) is 0.355. The van der Waals surface area contributed by atoms with Gasteiger partial charge in [0.2, 0.25) is 5.72 Å². The monoisotopic (exact) mass is 543 g/mol. The van der Waals surface area contributed by atoms with Gasteiger partial charge in [-0.3, -0.25) is 9.59 Å². The zero-order valence-electron chi connectivity index (χ0n) is 22.7. The van der Waals surface area contributed by atoms with Crippen LogP contribution in [0.5, 0.6) is 5.75 Å². The predicted molar refractivity (Wildman–Crippen MR) is 150 cm³/mol. The molecule has 2 unspecified atom stereocenters. The summed E-state index contributed by atoms with van der Waals surface area (Å²) >= 11 is 0. The van der Waals surface area contributed by atoms with Crippen molar-refractivity contribution in [3.63, 3.8) is 0 Å². The highest BCUT2D eigenvalue weighted by molar-refractivity contribution is 6.10. The van der Waals surface area contributed by atoms with Gasteiger partial charge < -0.3 is 14.4 Å². The van der Waals surface area contributed by atoms with Crippen LogP contribution in [0, 0.1) is 0 Å². The van der Waals surface area contributed by atoms with E-state index in [4.69, 9.17) is 14.3 Å². The second kappa shape index (κ2) is 13.1. The van der Waals surface area contributed by atoms with Crippen LogP contribution in [0.25, 0.3) is 0 Å². The standard InChI is InChI=1S/C31H35N2O5Si/c1-4-6-11-23-12-7-8-13-26(23)29(34)32-38-31(24-16-18-25(19-17-24)37-21-36-22(3)39)28-15-10-9-14-27(28)30(35)33(31)20-5-2/h7-10,12-19,22H,4-6,11,20-21H2,1-3H3,(H,32,34). The number of hydrogen-bond donors (Lipinski definition) is 1. The minimum absolute atomic E-state index is 0.0857. The number of nitrogens with one attached hydrogen (secondary N) is 1. The number of hydrogen-bond acceptors (Lipinski definition) is 5. The summed E-state index contributed by atoms with van der Waals surface area (Å²) < 4.78 is 11.1. The molecule has 0 aliphatic carbocycles. The van der Waals surface area contributed by atoms with E-state index < -0.39 is 5.72 Å². The van der Waals surface area contributed by atoms with Crippen molar-refractivity contribution >= 4 is 22.1 Å². The summed E-state index contributed by atoms with van der Waals surface area (Å²) in [5.74, 6) is 0.106. The highest BCUT2D eigenvalue weighted by atomic mass is 28.1. The Kier molecular flexibility index (Phi) is 9.56. The van der Waals surface area contributed by atoms with Crippen LogP contribution < -0.4 is 10.2 Å². The average molecular weight is 544 g/mol. The van der Waals surface area contributed by atoms with Gasteiger partial charge in [-0.1, -0.05) is 68.8 Å². The Morgan fingerprint density at radius 2 is 1.72 bits per heavy atom. The third-order valence-electron chi connectivity index (χ3n) is 6.74. The topological polar surface area (TPSA) is 77.1 Å². The van der Waals surface area contributed by atoms with E-state index in [-0.39, 0.29) is 24.3 Å². The van der Waals surface area contributed by atoms with Gasteiger partial charge in [0.15, 0.2) is 6.79 Å². The zero-order valence-corrected chi connectivity index (χ0v) is 23.7. The van der Waals surface area contributed by atoms with E-state index in [2.05, 4.69) is 22.6 Å². The molecule has 1 aliphatic heterocycles. The second-order valence-corrected chi connectivity index (χ2v) is 10.3. The summed E-state index contributed by atoms with van der Waals surface area (Å²) in [7, 11) is 3.38. The highest BCUT2D eigenvalue weighted by Gasteiger charge is 2.53. The number of rotatable bonds is 13. The zero-order chi connectivity index (χ0) is 27.8. The quantitative estimate of drug-likeness (QED) is 0.179. The Hall–Kier alpha value is -3.46. The minimum atomic E-state index is -1.35. The lowest BCUT2D eigenvalue weighted by Gasteiger charge is -2.38. The van der Waals surface area contributed by atoms with E-state index >= 15 is 0 Å². The van der Waals surface area contributed by atoms with Crippen LogP contribution in [0.15, 0.2) is 72.8 Å². The molecule has 0 saturated carbocycles. The lowest BCUT2D eigenvalue weighted by atomic mass is 9.93. The maximum absolute atomic E-state index is 13.6. The number of aryl methyl sites for hydroxylation is 1. The van der Waals surface area contributed by atoms with Crippen LogP contribution in [0.1, 0.15) is 77.4 Å². The summed E-state index contributed by atoms with van der Waals surface area (Å²) in [5.41, 5.74) is 4.66. The number of amides is 2. The maximum atomic E-state index is 13.6. The summed E-state index contributed by atoms with van der Waals surface area (Å²) in [6, 6.07) is 22.2. The summed E-state index contributed by atoms with van der Waals surface area (Å²) in [6.45, 7) is 6.51. The third-order valence-corrected chi connectivity index (χ3v) is 6.90. The van der Waals surface area contributed by atoms with E-state index in [1.54, 1.807) is 29.2 Å². The first-order valence-corrected chi connectivity index (χ1v) is 14.0. The Morgan fingerprint density at radius 1 is 1.00 bits per heavy atom. The lowest BCUT2D eigenvalue weighted by Crippen LogP contribution is -2.51. The summed E-state index contributed by atoms with van der Waals surface area (Å²) in [6.07, 6.45) is 3.52. The van der Waals surface area contributed by atoms with Crippen molar-refractivity contribution in [2.24, 2.45) is 0 Å². The Bertz CT molecular complexity index is 1280. The number of carbonyl (C=O) groups excluding carboxylic acids is 2. The number of hydroxylamine groups is 1. The molecule has 1 aliphatic rings. The smallest absolute Gasteiger partial charge is 0.275 e. The first-order chi connectivity index (χ1) is 18.9. The third kappa shape index (κ3) is 6.08. The van der Waals surface area contributed by atoms with Gasteiger partial charge in [0.05, 0.1) is 10.2 Å². The minimum Gasteiger partial charge on any atom is -0.468 e. The van der Waals surface area contributed by atoms with Crippen LogP contribution in [0.3, 0.4) is 0 Å². The number of benzene rings is 3. The van der Waals surface area contributed by atoms with Gasteiger partial charge in [0, 0.05) is 34.5 Å². The van der Waals surface area contributed by atoms with Crippen LogP contribution in [0.4, 0.5) is 0 Å². The molecule has 39 heavy (non-hydrogen) atoms. The number of unbranched alkanes of at least 4 members (excludes halogenated alkanes) is 1. The second-order valence-electron chi connectivity index (χ2n) is 9.54. The van der Waals surface area contributed by atoms with Crippen LogP contribution in [-0.2, 0) is 21.7 Å². The van der Waals surface area contributed by atoms with Gasteiger partial charge in [-0.15, -0.1) is 0 Å². The Labute approximate surface area is 233 Å². The van der Waals surface area contributed by atoms with Crippen molar-refractivity contribution in [2.75, 3.05) is 13.3 Å². The SMILES string of the molecule is CCCCc1ccccc1C(=O)NOC1(c2ccc(OCOC(C)[Si])cc2)c2ccccc2C(=O)N1CCC. The van der Waals surface area contributed by atoms with Gasteiger partial charge in [0.1, 0.15) is 5.75 Å². The first-order valence-electron chi connectivity index (χ1n) is 13.5. The molecule has 0 bridgehead atoms. The molecule has 3 aromatic rings. The largest absolute Gasteiger partial charge is 0.468 e. The van der Waals surface area contributed by atoms with Gasteiger partial charge in [-0.05, 0) is 56.0 Å². The van der Waals surface area contributed by atoms with E-state index in [0.29, 0.717) is 41.0 Å². The molecular formula is C31H35N2O5Si. The molecule has 0 saturated heterocycles. The lowest BCUT2D eigenvalue weighted by molar-refractivity contribution is -0.143. The highest BCUT2D eigenvalue weighted by Crippen LogP contribution is 2.45. The van der Waals surface area contributed by atoms with E-state index in [1.165, 1.54) is 0 Å². The van der Waals surface area contributed by atoms with Crippen LogP contribution in [0.2, 0.25) is 0 Å². The average Bonchev–Trinajstić information content (AvgIpc) is 3.19. The molecular weight excluding hydrogens is 508 g/mol. The van der Waals surface area contributed by atoms with E-state index in [0.717, 1.165) is 24.8 Å². The molecule has 0 spiro atoms. The van der Waals surface area contributed by atoms with Crippen molar-refractivity contribution < 1.29 is 23.9 Å². The molecule has 3 radical (unpaired) electrons. The van der Waals surface area contributed by atoms with Gasteiger partial charge >= 0.3 is 0 Å². The molecule has 8 heteroatoms. The number of fused-ring (bicyclic) bond motifs is 1. The molecule has 2 atom stereocenters. The van der Waals surface area contributed by atoms with E-state index in [9.17, 15) is 9.59 Å². The molecule has 0 fully saturated rings. The molecule has 1 N–H and O–H groups in total. The van der Waals surface area contributed by atoms with Gasteiger partial charge in [-0.2, -0.15) is 0 Å². The number of ether oxygens (including phenoxy) is 2. The molecule has 7 nitrogen and oxygen atoms in total. The van der Waals surface area contributed by atoms with Crippen LogP contribution >= 0.6 is 0 Å². The van der Waals surface area contributed by atoms with Crippen molar-refractivity contribution in [1.29, 1.82) is 0 Å². The summed E-state index contributed by atoms with van der Waals surface area (Å²) in [4.78, 5) is 35.2. The van der Waals surface area contributed by atoms with Crippen molar-refractivity contribution in [3.8, 4) is 5.75 Å². The van der Waals surface area contributed by atoms with E-state index in [1.807, 2.05) is 62.4 Å². The predicted octanol–water partition coefficient (Wildman–Crippen LogP) is 5.33. The molecule has 2 amide bonds. The maximum Gasteiger partial charge on any atom is 0.275 e. The van der Waals surface area contributed by atoms with Crippen molar-refractivity contribution in [3.05, 3.63) is 101 Å². The number of carbonyl (C=O) groups is 2. The van der Waals surface area contributed by atoms with Crippen molar-refractivity contribution in [2.45, 2.75) is 57.9 Å². The van der Waals surface area contributed by atoms with Crippen LogP contribution in [-0.4, -0.2) is 46.0 Å². The Balaban J connectivity index is 1.71. The normalized spacial score (nSPS) is 17.1. The fourth-order valence-electron chi connectivity index (χ4n) is 4.85. The number of nitrogens with zero attached hydrogens (tertiary/aromatic N) is 1. The first kappa shape index (κ1) is 28.5. The van der Waals surface area contributed by atoms with Gasteiger partial charge in [0.25, 0.3) is 11.8 Å². The van der Waals surface area contributed by atoms with Crippen molar-refractivity contribution in [1.82, 2.24) is 10.4 Å². The molecule has 4 rings (SSSR count).